The lowest BCUT2D eigenvalue weighted by molar-refractivity contribution is -0.0918. The molecule has 1 saturated heterocycles. The Kier molecular flexibility index (Phi) is 3.82. The van der Waals surface area contributed by atoms with E-state index in [2.05, 4.69) is 32.0 Å². The van der Waals surface area contributed by atoms with E-state index in [4.69, 9.17) is 9.15 Å². The molecule has 3 heterocycles. The lowest BCUT2D eigenvalue weighted by Gasteiger charge is -2.35. The number of aromatic nitrogens is 4. The molecule has 122 valence electrons. The van der Waals surface area contributed by atoms with Gasteiger partial charge in [-0.05, 0) is 19.8 Å². The molecule has 0 aromatic carbocycles. The van der Waals surface area contributed by atoms with Crippen molar-refractivity contribution in [3.8, 4) is 0 Å². The van der Waals surface area contributed by atoms with Gasteiger partial charge in [0.1, 0.15) is 11.9 Å². The number of hydrogen-bond donors (Lipinski definition) is 0. The summed E-state index contributed by atoms with van der Waals surface area (Å²) in [5.74, 6) is 2.71. The molecule has 1 aliphatic carbocycles. The highest BCUT2D eigenvalue weighted by Crippen LogP contribution is 2.37. The smallest absolute Gasteiger partial charge is 0.246 e. The van der Waals surface area contributed by atoms with E-state index in [1.165, 1.54) is 12.8 Å². The maximum atomic E-state index is 5.94. The SMILES string of the molecule is Cc1nnc([C@H]2CN(Cc3cnc(C4CC4)nc3)C[C@@H](C)O2)o1. The molecule has 0 spiro atoms. The fourth-order valence-corrected chi connectivity index (χ4v) is 3.00. The van der Waals surface area contributed by atoms with E-state index in [-0.39, 0.29) is 12.2 Å². The molecule has 0 bridgehead atoms. The molecule has 2 fully saturated rings. The van der Waals surface area contributed by atoms with Crippen molar-refractivity contribution in [3.05, 3.63) is 35.6 Å². The molecule has 1 aliphatic heterocycles. The number of nitrogens with zero attached hydrogens (tertiary/aromatic N) is 5. The van der Waals surface area contributed by atoms with Crippen molar-refractivity contribution >= 4 is 0 Å². The first kappa shape index (κ1) is 14.7. The first-order chi connectivity index (χ1) is 11.2. The van der Waals surface area contributed by atoms with Crippen molar-refractivity contribution in [2.24, 2.45) is 0 Å². The van der Waals surface area contributed by atoms with E-state index in [1.54, 1.807) is 6.92 Å². The Morgan fingerprint density at radius 2 is 1.96 bits per heavy atom. The fourth-order valence-electron chi connectivity index (χ4n) is 3.00. The fraction of sp³-hybridized carbons (Fsp3) is 0.625. The van der Waals surface area contributed by atoms with Gasteiger partial charge in [-0.25, -0.2) is 9.97 Å². The van der Waals surface area contributed by atoms with Crippen molar-refractivity contribution in [2.45, 2.75) is 51.4 Å². The Bertz CT molecular complexity index is 667. The quantitative estimate of drug-likeness (QED) is 0.854. The number of hydrogen-bond acceptors (Lipinski definition) is 7. The van der Waals surface area contributed by atoms with E-state index in [0.29, 0.717) is 17.7 Å². The van der Waals surface area contributed by atoms with Crippen LogP contribution in [-0.2, 0) is 11.3 Å². The van der Waals surface area contributed by atoms with Crippen LogP contribution in [0.5, 0.6) is 0 Å². The predicted octanol–water partition coefficient (Wildman–Crippen LogP) is 2.01. The average molecular weight is 315 g/mol. The van der Waals surface area contributed by atoms with Crippen molar-refractivity contribution in [1.29, 1.82) is 0 Å². The molecule has 7 nitrogen and oxygen atoms in total. The van der Waals surface area contributed by atoms with Crippen LogP contribution in [-0.4, -0.2) is 44.3 Å². The van der Waals surface area contributed by atoms with E-state index in [0.717, 1.165) is 31.0 Å². The summed E-state index contributed by atoms with van der Waals surface area (Å²) in [7, 11) is 0. The standard InChI is InChI=1S/C16H21N5O2/c1-10-7-21(9-14(22-10)16-20-19-11(2)23-16)8-12-5-17-15(18-6-12)13-3-4-13/h5-6,10,13-14H,3-4,7-9H2,1-2H3/t10-,14-/m1/s1. The van der Waals surface area contributed by atoms with Gasteiger partial charge in [0.2, 0.25) is 11.8 Å². The van der Waals surface area contributed by atoms with Crippen molar-refractivity contribution < 1.29 is 9.15 Å². The van der Waals surface area contributed by atoms with Gasteiger partial charge >= 0.3 is 0 Å². The highest BCUT2D eigenvalue weighted by molar-refractivity contribution is 5.11. The minimum absolute atomic E-state index is 0.118. The number of aryl methyl sites for hydroxylation is 1. The summed E-state index contributed by atoms with van der Waals surface area (Å²) in [5, 5.41) is 7.98. The van der Waals surface area contributed by atoms with Gasteiger partial charge in [0.05, 0.1) is 6.10 Å². The third kappa shape index (κ3) is 3.40. The zero-order valence-electron chi connectivity index (χ0n) is 13.5. The topological polar surface area (TPSA) is 77.2 Å². The summed E-state index contributed by atoms with van der Waals surface area (Å²) >= 11 is 0. The van der Waals surface area contributed by atoms with Crippen molar-refractivity contribution in [2.75, 3.05) is 13.1 Å². The van der Waals surface area contributed by atoms with E-state index >= 15 is 0 Å². The van der Waals surface area contributed by atoms with Gasteiger partial charge in [0.25, 0.3) is 0 Å². The molecular weight excluding hydrogens is 294 g/mol. The van der Waals surface area contributed by atoms with E-state index < -0.39 is 0 Å². The largest absolute Gasteiger partial charge is 0.423 e. The number of ether oxygens (including phenoxy) is 1. The first-order valence-electron chi connectivity index (χ1n) is 8.16. The third-order valence-electron chi connectivity index (χ3n) is 4.23. The van der Waals surface area contributed by atoms with Gasteiger partial charge in [-0.2, -0.15) is 0 Å². The molecule has 2 aromatic rings. The van der Waals surface area contributed by atoms with Crippen LogP contribution in [0.15, 0.2) is 16.8 Å². The summed E-state index contributed by atoms with van der Waals surface area (Å²) in [6, 6.07) is 0. The van der Waals surface area contributed by atoms with Gasteiger partial charge in [-0.15, -0.1) is 10.2 Å². The molecular formula is C16H21N5O2. The van der Waals surface area contributed by atoms with Crippen LogP contribution in [0, 0.1) is 6.92 Å². The normalized spacial score (nSPS) is 25.7. The van der Waals surface area contributed by atoms with Crippen molar-refractivity contribution in [3.63, 3.8) is 0 Å². The van der Waals surface area contributed by atoms with Crippen LogP contribution in [0.3, 0.4) is 0 Å². The maximum Gasteiger partial charge on any atom is 0.246 e. The zero-order chi connectivity index (χ0) is 15.8. The molecule has 0 N–H and O–H groups in total. The maximum absolute atomic E-state index is 5.94. The minimum Gasteiger partial charge on any atom is -0.423 e. The lowest BCUT2D eigenvalue weighted by atomic mass is 10.2. The number of rotatable bonds is 4. The zero-order valence-corrected chi connectivity index (χ0v) is 13.5. The van der Waals surface area contributed by atoms with Gasteiger partial charge in [-0.1, -0.05) is 0 Å². The predicted molar refractivity (Wildman–Crippen MR) is 81.6 cm³/mol. The van der Waals surface area contributed by atoms with Gasteiger partial charge in [-0.3, -0.25) is 4.90 Å². The summed E-state index contributed by atoms with van der Waals surface area (Å²) in [6.07, 6.45) is 6.30. The lowest BCUT2D eigenvalue weighted by Crippen LogP contribution is -2.42. The minimum atomic E-state index is -0.174. The highest BCUT2D eigenvalue weighted by Gasteiger charge is 2.30. The molecule has 7 heteroatoms. The second-order valence-electron chi connectivity index (χ2n) is 6.51. The average Bonchev–Trinajstić information content (AvgIpc) is 3.29. The van der Waals surface area contributed by atoms with Crippen LogP contribution >= 0.6 is 0 Å². The van der Waals surface area contributed by atoms with Gasteiger partial charge in [0, 0.05) is 50.4 Å². The van der Waals surface area contributed by atoms with Crippen LogP contribution < -0.4 is 0 Å². The Morgan fingerprint density at radius 3 is 2.61 bits per heavy atom. The summed E-state index contributed by atoms with van der Waals surface area (Å²) < 4.78 is 11.5. The molecule has 0 unspecified atom stereocenters. The summed E-state index contributed by atoms with van der Waals surface area (Å²) in [6.45, 7) is 6.26. The Labute approximate surface area is 135 Å². The molecule has 2 aliphatic rings. The second kappa shape index (κ2) is 5.98. The van der Waals surface area contributed by atoms with Crippen LogP contribution in [0.25, 0.3) is 0 Å². The molecule has 0 amide bonds. The Hall–Kier alpha value is -1.86. The van der Waals surface area contributed by atoms with Crippen molar-refractivity contribution in [1.82, 2.24) is 25.1 Å². The first-order valence-corrected chi connectivity index (χ1v) is 8.16. The molecule has 0 radical (unpaired) electrons. The summed E-state index contributed by atoms with van der Waals surface area (Å²) in [4.78, 5) is 11.3. The Morgan fingerprint density at radius 1 is 1.17 bits per heavy atom. The molecule has 2 atom stereocenters. The van der Waals surface area contributed by atoms with E-state index in [9.17, 15) is 0 Å². The van der Waals surface area contributed by atoms with Crippen LogP contribution in [0.2, 0.25) is 0 Å². The molecule has 4 rings (SSSR count). The number of morpholine rings is 1. The van der Waals surface area contributed by atoms with Gasteiger partial charge < -0.3 is 9.15 Å². The third-order valence-corrected chi connectivity index (χ3v) is 4.23. The monoisotopic (exact) mass is 315 g/mol. The van der Waals surface area contributed by atoms with Crippen LogP contribution in [0.1, 0.15) is 55.0 Å². The molecule has 23 heavy (non-hydrogen) atoms. The Balaban J connectivity index is 1.43. The molecule has 1 saturated carbocycles. The highest BCUT2D eigenvalue weighted by atomic mass is 16.5. The summed E-state index contributed by atoms with van der Waals surface area (Å²) in [5.41, 5.74) is 1.13. The van der Waals surface area contributed by atoms with Crippen LogP contribution in [0.4, 0.5) is 0 Å². The molecule has 2 aromatic heterocycles. The van der Waals surface area contributed by atoms with Gasteiger partial charge in [0.15, 0.2) is 0 Å². The second-order valence-corrected chi connectivity index (χ2v) is 6.51. The van der Waals surface area contributed by atoms with E-state index in [1.807, 2.05) is 12.4 Å².